The van der Waals surface area contributed by atoms with Crippen LogP contribution in [0.4, 0.5) is 5.69 Å². The van der Waals surface area contributed by atoms with E-state index in [2.05, 4.69) is 15.4 Å². The highest BCUT2D eigenvalue weighted by Gasteiger charge is 2.29. The molecule has 0 saturated heterocycles. The minimum Gasteiger partial charge on any atom is -0.489 e. The van der Waals surface area contributed by atoms with Crippen LogP contribution < -0.4 is 15.0 Å². The van der Waals surface area contributed by atoms with Crippen molar-refractivity contribution in [2.75, 3.05) is 32.2 Å². The highest BCUT2D eigenvalue weighted by molar-refractivity contribution is 5.92. The predicted molar refractivity (Wildman–Crippen MR) is 118 cm³/mol. The Morgan fingerprint density at radius 3 is 2.75 bits per heavy atom. The smallest absolute Gasteiger partial charge is 0.291 e. The molecule has 2 heterocycles. The fourth-order valence-electron chi connectivity index (χ4n) is 3.49. The van der Waals surface area contributed by atoms with Crippen LogP contribution in [0.1, 0.15) is 28.1 Å². The van der Waals surface area contributed by atoms with Gasteiger partial charge in [-0.15, -0.1) is 5.10 Å². The Hall–Kier alpha value is -3.72. The van der Waals surface area contributed by atoms with Gasteiger partial charge in [-0.2, -0.15) is 0 Å². The van der Waals surface area contributed by atoms with Crippen LogP contribution in [0.3, 0.4) is 0 Å². The van der Waals surface area contributed by atoms with Gasteiger partial charge in [0.1, 0.15) is 30.8 Å². The molecule has 1 unspecified atom stereocenters. The van der Waals surface area contributed by atoms with Crippen LogP contribution in [0.2, 0.25) is 0 Å². The summed E-state index contributed by atoms with van der Waals surface area (Å²) in [7, 11) is 3.81. The molecule has 0 saturated carbocycles. The summed E-state index contributed by atoms with van der Waals surface area (Å²) in [6.45, 7) is 0.955. The SMILES string of the molecule is CN(C)c1ccccc1OC[C@@H](C=O)NC(=O)c1nc2n(n1)CCOC2c1ccccc1. The summed E-state index contributed by atoms with van der Waals surface area (Å²) in [4.78, 5) is 30.6. The van der Waals surface area contributed by atoms with Gasteiger partial charge in [-0.25, -0.2) is 9.67 Å². The van der Waals surface area contributed by atoms with Gasteiger partial charge in [-0.3, -0.25) is 4.79 Å². The molecule has 3 aromatic rings. The summed E-state index contributed by atoms with van der Waals surface area (Å²) in [6.07, 6.45) is 0.244. The molecule has 0 spiro atoms. The zero-order valence-corrected chi connectivity index (χ0v) is 18.0. The number of fused-ring (bicyclic) bond motifs is 1. The Morgan fingerprint density at radius 1 is 1.25 bits per heavy atom. The molecule has 166 valence electrons. The highest BCUT2D eigenvalue weighted by atomic mass is 16.5. The molecule has 1 amide bonds. The number of rotatable bonds is 8. The van der Waals surface area contributed by atoms with E-state index < -0.39 is 18.1 Å². The third-order valence-electron chi connectivity index (χ3n) is 5.07. The Kier molecular flexibility index (Phi) is 6.46. The number of nitrogens with one attached hydrogen (secondary N) is 1. The fourth-order valence-corrected chi connectivity index (χ4v) is 3.49. The lowest BCUT2D eigenvalue weighted by atomic mass is 10.1. The number of para-hydroxylation sites is 2. The van der Waals surface area contributed by atoms with Gasteiger partial charge < -0.3 is 24.5 Å². The summed E-state index contributed by atoms with van der Waals surface area (Å²) in [5.74, 6) is 0.635. The summed E-state index contributed by atoms with van der Waals surface area (Å²) in [6, 6.07) is 16.3. The monoisotopic (exact) mass is 435 g/mol. The maximum atomic E-state index is 12.7. The number of ether oxygens (including phenoxy) is 2. The summed E-state index contributed by atoms with van der Waals surface area (Å²) >= 11 is 0. The molecule has 1 N–H and O–H groups in total. The van der Waals surface area contributed by atoms with Gasteiger partial charge in [0.05, 0.1) is 18.8 Å². The van der Waals surface area contributed by atoms with E-state index >= 15 is 0 Å². The van der Waals surface area contributed by atoms with Crippen LogP contribution in [-0.4, -0.2) is 60.3 Å². The number of nitrogens with zero attached hydrogens (tertiary/aromatic N) is 4. The second kappa shape index (κ2) is 9.61. The number of amides is 1. The van der Waals surface area contributed by atoms with Crippen molar-refractivity contribution in [2.24, 2.45) is 0 Å². The molecule has 1 aliphatic rings. The number of anilines is 1. The molecule has 1 aromatic heterocycles. The topological polar surface area (TPSA) is 98.6 Å². The number of aromatic nitrogens is 3. The number of hydrogen-bond acceptors (Lipinski definition) is 7. The van der Waals surface area contributed by atoms with Gasteiger partial charge in [0, 0.05) is 14.1 Å². The maximum Gasteiger partial charge on any atom is 0.291 e. The number of carbonyl (C=O) groups is 2. The Labute approximate surface area is 186 Å². The summed E-state index contributed by atoms with van der Waals surface area (Å²) in [5.41, 5.74) is 1.81. The molecule has 32 heavy (non-hydrogen) atoms. The second-order valence-corrected chi connectivity index (χ2v) is 7.57. The average molecular weight is 435 g/mol. The van der Waals surface area contributed by atoms with Crippen molar-refractivity contribution >= 4 is 17.9 Å². The van der Waals surface area contributed by atoms with Crippen LogP contribution in [0.15, 0.2) is 54.6 Å². The minimum absolute atomic E-state index is 0.00743. The first-order valence-electron chi connectivity index (χ1n) is 10.3. The molecule has 4 rings (SSSR count). The van der Waals surface area contributed by atoms with E-state index in [0.29, 0.717) is 31.0 Å². The maximum absolute atomic E-state index is 12.7. The minimum atomic E-state index is -0.848. The van der Waals surface area contributed by atoms with E-state index in [4.69, 9.17) is 9.47 Å². The molecule has 2 aromatic carbocycles. The van der Waals surface area contributed by atoms with Crippen molar-refractivity contribution in [3.05, 3.63) is 71.8 Å². The van der Waals surface area contributed by atoms with E-state index in [1.165, 1.54) is 0 Å². The lowest BCUT2D eigenvalue weighted by Crippen LogP contribution is -2.40. The third-order valence-corrected chi connectivity index (χ3v) is 5.07. The molecule has 9 heteroatoms. The van der Waals surface area contributed by atoms with Crippen molar-refractivity contribution in [1.29, 1.82) is 0 Å². The van der Waals surface area contributed by atoms with E-state index in [-0.39, 0.29) is 12.4 Å². The lowest BCUT2D eigenvalue weighted by Gasteiger charge is -2.22. The van der Waals surface area contributed by atoms with Gasteiger partial charge in [-0.05, 0) is 17.7 Å². The molecule has 1 aliphatic heterocycles. The van der Waals surface area contributed by atoms with Gasteiger partial charge >= 0.3 is 0 Å². The lowest BCUT2D eigenvalue weighted by molar-refractivity contribution is -0.110. The molecule has 2 atom stereocenters. The van der Waals surface area contributed by atoms with Crippen LogP contribution in [0, 0.1) is 0 Å². The van der Waals surface area contributed by atoms with Crippen molar-refractivity contribution in [3.8, 4) is 5.75 Å². The first kappa shape index (κ1) is 21.5. The van der Waals surface area contributed by atoms with Crippen molar-refractivity contribution < 1.29 is 19.1 Å². The van der Waals surface area contributed by atoms with Crippen molar-refractivity contribution in [3.63, 3.8) is 0 Å². The molecular weight excluding hydrogens is 410 g/mol. The molecule has 0 aliphatic carbocycles. The molecular formula is C23H25N5O4. The van der Waals surface area contributed by atoms with Crippen LogP contribution >= 0.6 is 0 Å². The number of benzene rings is 2. The van der Waals surface area contributed by atoms with Gasteiger partial charge in [0.2, 0.25) is 5.82 Å². The van der Waals surface area contributed by atoms with Crippen molar-refractivity contribution in [1.82, 2.24) is 20.1 Å². The summed E-state index contributed by atoms with van der Waals surface area (Å²) in [5, 5.41) is 6.96. The van der Waals surface area contributed by atoms with E-state index in [9.17, 15) is 9.59 Å². The number of hydrogen-bond donors (Lipinski definition) is 1. The first-order valence-corrected chi connectivity index (χ1v) is 10.3. The zero-order chi connectivity index (χ0) is 22.5. The standard InChI is InChI=1S/C23H25N5O4/c1-27(2)18-10-6-7-11-19(18)32-15-17(14-29)24-23(30)21-25-22-20(16-8-4-3-5-9-16)31-13-12-28(22)26-21/h3-11,14,17,20H,12-13,15H2,1-2H3,(H,24,30)/t17-,20?/m1/s1. The second-order valence-electron chi connectivity index (χ2n) is 7.57. The van der Waals surface area contributed by atoms with Gasteiger partial charge in [-0.1, -0.05) is 42.5 Å². The zero-order valence-electron chi connectivity index (χ0n) is 18.0. The third kappa shape index (κ3) is 4.62. The molecule has 9 nitrogen and oxygen atoms in total. The highest BCUT2D eigenvalue weighted by Crippen LogP contribution is 2.28. The fraction of sp³-hybridized carbons (Fsp3) is 0.304. The summed E-state index contributed by atoms with van der Waals surface area (Å²) < 4.78 is 13.3. The van der Waals surface area contributed by atoms with Crippen molar-refractivity contribution in [2.45, 2.75) is 18.7 Å². The van der Waals surface area contributed by atoms with Crippen LogP contribution in [-0.2, 0) is 16.1 Å². The Morgan fingerprint density at radius 2 is 2.00 bits per heavy atom. The van der Waals surface area contributed by atoms with Gasteiger partial charge in [0.15, 0.2) is 5.82 Å². The normalized spacial score (nSPS) is 16.0. The van der Waals surface area contributed by atoms with Crippen LogP contribution in [0.25, 0.3) is 0 Å². The van der Waals surface area contributed by atoms with E-state index in [0.717, 1.165) is 11.3 Å². The first-order chi connectivity index (χ1) is 15.6. The van der Waals surface area contributed by atoms with Gasteiger partial charge in [0.25, 0.3) is 5.91 Å². The molecule has 0 radical (unpaired) electrons. The Balaban J connectivity index is 1.45. The Bertz CT molecular complexity index is 1080. The predicted octanol–water partition coefficient (Wildman–Crippen LogP) is 1.84. The van der Waals surface area contributed by atoms with E-state index in [1.54, 1.807) is 4.68 Å². The average Bonchev–Trinajstić information content (AvgIpc) is 3.27. The molecule has 0 fully saturated rings. The van der Waals surface area contributed by atoms with E-state index in [1.807, 2.05) is 73.6 Å². The molecule has 0 bridgehead atoms. The van der Waals surface area contributed by atoms with Crippen LogP contribution in [0.5, 0.6) is 5.75 Å². The number of carbonyl (C=O) groups excluding carboxylic acids is 2. The largest absolute Gasteiger partial charge is 0.489 e. The number of aldehydes is 1. The quantitative estimate of drug-likeness (QED) is 0.539.